The third-order valence-electron chi connectivity index (χ3n) is 4.37. The Hall–Kier alpha value is -2.31. The number of aromatic nitrogens is 3. The van der Waals surface area contributed by atoms with E-state index in [1.54, 1.807) is 0 Å². The molecule has 3 aromatic rings. The number of rotatable bonds is 5. The quantitative estimate of drug-likeness (QED) is 0.605. The van der Waals surface area contributed by atoms with Gasteiger partial charge in [-0.15, -0.1) is 10.2 Å². The zero-order valence-corrected chi connectivity index (χ0v) is 17.9. The van der Waals surface area contributed by atoms with E-state index < -0.39 is 0 Å². The molecule has 0 spiro atoms. The maximum Gasteiger partial charge on any atom is 0.251 e. The van der Waals surface area contributed by atoms with E-state index in [0.717, 1.165) is 10.8 Å². The van der Waals surface area contributed by atoms with Crippen LogP contribution in [0.1, 0.15) is 42.5 Å². The standard InChI is InChI=1S/C21H23ClN4OS/c1-21(2,3)15-10-8-14(9-11-15)19(27)23-13-18-24-25-20(28-4)26(18)17-7-5-6-16(22)12-17/h5-12H,13H2,1-4H3,(H,23,27). The Balaban J connectivity index is 1.78. The summed E-state index contributed by atoms with van der Waals surface area (Å²) in [4.78, 5) is 12.6. The van der Waals surface area contributed by atoms with E-state index >= 15 is 0 Å². The Morgan fingerprint density at radius 3 is 2.46 bits per heavy atom. The molecule has 0 bridgehead atoms. The number of hydrogen-bond donors (Lipinski definition) is 1. The van der Waals surface area contributed by atoms with Gasteiger partial charge < -0.3 is 5.32 Å². The van der Waals surface area contributed by atoms with Gasteiger partial charge in [-0.3, -0.25) is 9.36 Å². The van der Waals surface area contributed by atoms with Crippen LogP contribution in [0.25, 0.3) is 5.69 Å². The highest BCUT2D eigenvalue weighted by atomic mass is 35.5. The topological polar surface area (TPSA) is 59.8 Å². The van der Waals surface area contributed by atoms with Gasteiger partial charge in [0.25, 0.3) is 5.91 Å². The van der Waals surface area contributed by atoms with E-state index in [2.05, 4.69) is 36.3 Å². The number of hydrogen-bond acceptors (Lipinski definition) is 4. The molecule has 1 amide bonds. The minimum absolute atomic E-state index is 0.0522. The molecule has 0 atom stereocenters. The number of carbonyl (C=O) groups excluding carboxylic acids is 1. The van der Waals surface area contributed by atoms with Gasteiger partial charge >= 0.3 is 0 Å². The second kappa shape index (κ2) is 8.37. The Labute approximate surface area is 174 Å². The Bertz CT molecular complexity index is 977. The van der Waals surface area contributed by atoms with Crippen LogP contribution in [-0.4, -0.2) is 26.9 Å². The van der Waals surface area contributed by atoms with Crippen LogP contribution in [0, 0.1) is 0 Å². The normalized spacial score (nSPS) is 11.5. The van der Waals surface area contributed by atoms with Crippen molar-refractivity contribution < 1.29 is 4.79 Å². The van der Waals surface area contributed by atoms with Crippen molar-refractivity contribution in [2.45, 2.75) is 37.9 Å². The van der Waals surface area contributed by atoms with E-state index in [9.17, 15) is 4.79 Å². The summed E-state index contributed by atoms with van der Waals surface area (Å²) in [5.41, 5.74) is 2.72. The molecule has 0 saturated heterocycles. The third-order valence-corrected chi connectivity index (χ3v) is 5.23. The fourth-order valence-electron chi connectivity index (χ4n) is 2.80. The van der Waals surface area contributed by atoms with Crippen molar-refractivity contribution >= 4 is 29.3 Å². The first-order chi connectivity index (χ1) is 13.3. The van der Waals surface area contributed by atoms with Crippen molar-refractivity contribution in [2.75, 3.05) is 6.26 Å². The molecule has 28 heavy (non-hydrogen) atoms. The number of nitrogens with one attached hydrogen (secondary N) is 1. The number of nitrogens with zero attached hydrogens (tertiary/aromatic N) is 3. The molecular formula is C21H23ClN4OS. The lowest BCUT2D eigenvalue weighted by molar-refractivity contribution is 0.0949. The van der Waals surface area contributed by atoms with Gasteiger partial charge in [0.15, 0.2) is 11.0 Å². The molecule has 0 radical (unpaired) electrons. The van der Waals surface area contributed by atoms with Crippen LogP contribution in [0.4, 0.5) is 0 Å². The van der Waals surface area contributed by atoms with E-state index in [4.69, 9.17) is 11.6 Å². The summed E-state index contributed by atoms with van der Waals surface area (Å²) in [5, 5.41) is 12.8. The van der Waals surface area contributed by atoms with Gasteiger partial charge in [-0.1, -0.05) is 62.3 Å². The van der Waals surface area contributed by atoms with Crippen LogP contribution in [0.15, 0.2) is 53.7 Å². The van der Waals surface area contributed by atoms with Crippen LogP contribution in [0.3, 0.4) is 0 Å². The largest absolute Gasteiger partial charge is 0.345 e. The Kier molecular flexibility index (Phi) is 6.10. The molecule has 0 aliphatic heterocycles. The third kappa shape index (κ3) is 4.56. The van der Waals surface area contributed by atoms with Gasteiger partial charge in [-0.05, 0) is 47.6 Å². The van der Waals surface area contributed by atoms with Crippen LogP contribution in [0.2, 0.25) is 5.02 Å². The monoisotopic (exact) mass is 414 g/mol. The fraction of sp³-hybridized carbons (Fsp3) is 0.286. The van der Waals surface area contributed by atoms with Gasteiger partial charge in [0.1, 0.15) is 0 Å². The van der Waals surface area contributed by atoms with E-state index in [0.29, 0.717) is 16.4 Å². The molecule has 7 heteroatoms. The lowest BCUT2D eigenvalue weighted by Crippen LogP contribution is -2.25. The van der Waals surface area contributed by atoms with Crippen LogP contribution < -0.4 is 5.32 Å². The van der Waals surface area contributed by atoms with Gasteiger partial charge in [-0.2, -0.15) is 0 Å². The SMILES string of the molecule is CSc1nnc(CNC(=O)c2ccc(C(C)(C)C)cc2)n1-c1cccc(Cl)c1. The minimum atomic E-state index is -0.146. The number of benzene rings is 2. The first-order valence-electron chi connectivity index (χ1n) is 8.92. The molecular weight excluding hydrogens is 392 g/mol. The van der Waals surface area contributed by atoms with Gasteiger partial charge in [0.05, 0.1) is 12.2 Å². The average molecular weight is 415 g/mol. The zero-order valence-electron chi connectivity index (χ0n) is 16.4. The molecule has 0 unspecified atom stereocenters. The number of halogens is 1. The molecule has 1 aromatic heterocycles. The predicted molar refractivity (Wildman–Crippen MR) is 114 cm³/mol. The van der Waals surface area contributed by atoms with Gasteiger partial charge in [0.2, 0.25) is 0 Å². The second-order valence-electron chi connectivity index (χ2n) is 7.43. The van der Waals surface area contributed by atoms with Crippen LogP contribution >= 0.6 is 23.4 Å². The first kappa shape index (κ1) is 20.4. The number of amides is 1. The van der Waals surface area contributed by atoms with Crippen molar-refractivity contribution in [3.05, 3.63) is 70.5 Å². The molecule has 5 nitrogen and oxygen atoms in total. The Morgan fingerprint density at radius 2 is 1.86 bits per heavy atom. The molecule has 3 rings (SSSR count). The van der Waals surface area contributed by atoms with Crippen molar-refractivity contribution in [1.29, 1.82) is 0 Å². The zero-order chi connectivity index (χ0) is 20.3. The summed E-state index contributed by atoms with van der Waals surface area (Å²) in [6.07, 6.45) is 1.93. The molecule has 1 N–H and O–H groups in total. The second-order valence-corrected chi connectivity index (χ2v) is 8.64. The van der Waals surface area contributed by atoms with E-state index in [-0.39, 0.29) is 17.9 Å². The molecule has 0 fully saturated rings. The van der Waals surface area contributed by atoms with Crippen LogP contribution in [0.5, 0.6) is 0 Å². The van der Waals surface area contributed by atoms with Crippen molar-refractivity contribution in [3.63, 3.8) is 0 Å². The average Bonchev–Trinajstić information content (AvgIpc) is 3.08. The van der Waals surface area contributed by atoms with Crippen LogP contribution in [-0.2, 0) is 12.0 Å². The lowest BCUT2D eigenvalue weighted by atomic mass is 9.87. The molecule has 146 valence electrons. The summed E-state index contributed by atoms with van der Waals surface area (Å²) in [5.74, 6) is 0.498. The predicted octanol–water partition coefficient (Wildman–Crippen LogP) is 4.87. The minimum Gasteiger partial charge on any atom is -0.345 e. The summed E-state index contributed by atoms with van der Waals surface area (Å²) in [6.45, 7) is 6.70. The molecule has 0 saturated carbocycles. The molecule has 0 aliphatic rings. The van der Waals surface area contributed by atoms with Gasteiger partial charge in [-0.25, -0.2) is 0 Å². The van der Waals surface area contributed by atoms with Crippen molar-refractivity contribution in [2.24, 2.45) is 0 Å². The summed E-state index contributed by atoms with van der Waals surface area (Å²) < 4.78 is 1.90. The highest BCUT2D eigenvalue weighted by Gasteiger charge is 2.16. The van der Waals surface area contributed by atoms with Crippen molar-refractivity contribution in [3.8, 4) is 5.69 Å². The maximum absolute atomic E-state index is 12.6. The highest BCUT2D eigenvalue weighted by Crippen LogP contribution is 2.23. The van der Waals surface area contributed by atoms with Gasteiger partial charge in [0, 0.05) is 10.6 Å². The lowest BCUT2D eigenvalue weighted by Gasteiger charge is -2.19. The van der Waals surface area contributed by atoms with E-state index in [1.165, 1.54) is 17.3 Å². The fourth-order valence-corrected chi connectivity index (χ4v) is 3.50. The first-order valence-corrected chi connectivity index (χ1v) is 10.5. The number of carbonyl (C=O) groups is 1. The number of thioether (sulfide) groups is 1. The molecule has 0 aliphatic carbocycles. The highest BCUT2D eigenvalue weighted by molar-refractivity contribution is 7.98. The summed E-state index contributed by atoms with van der Waals surface area (Å²) in [6, 6.07) is 15.2. The van der Waals surface area contributed by atoms with Crippen molar-refractivity contribution in [1.82, 2.24) is 20.1 Å². The van der Waals surface area contributed by atoms with E-state index in [1.807, 2.05) is 59.4 Å². The maximum atomic E-state index is 12.6. The molecule has 1 heterocycles. The summed E-state index contributed by atoms with van der Waals surface area (Å²) >= 11 is 7.62. The smallest absolute Gasteiger partial charge is 0.251 e. The summed E-state index contributed by atoms with van der Waals surface area (Å²) in [7, 11) is 0. The Morgan fingerprint density at radius 1 is 1.14 bits per heavy atom. The molecule has 2 aromatic carbocycles.